The Morgan fingerprint density at radius 2 is 2.25 bits per heavy atom. The molecule has 0 radical (unpaired) electrons. The van der Waals surface area contributed by atoms with Gasteiger partial charge in [0.25, 0.3) is 0 Å². The number of hydrogen-bond donors (Lipinski definition) is 2. The molecule has 0 fully saturated rings. The lowest BCUT2D eigenvalue weighted by Crippen LogP contribution is -2.20. The number of hydrogen-bond acceptors (Lipinski definition) is 2. The Labute approximate surface area is 101 Å². The molecular formula is C12H18ClFN2. The summed E-state index contributed by atoms with van der Waals surface area (Å²) in [5.41, 5.74) is 6.51. The fourth-order valence-corrected chi connectivity index (χ4v) is 1.55. The molecule has 0 saturated carbocycles. The maximum absolute atomic E-state index is 12.9. The van der Waals surface area contributed by atoms with Crippen molar-refractivity contribution in [3.05, 3.63) is 34.6 Å². The van der Waals surface area contributed by atoms with E-state index in [-0.39, 0.29) is 10.8 Å². The van der Waals surface area contributed by atoms with Gasteiger partial charge in [0.2, 0.25) is 0 Å². The highest BCUT2D eigenvalue weighted by Crippen LogP contribution is 2.15. The summed E-state index contributed by atoms with van der Waals surface area (Å²) in [6.07, 6.45) is 1.05. The minimum Gasteiger partial charge on any atom is -0.330 e. The van der Waals surface area contributed by atoms with Gasteiger partial charge in [0, 0.05) is 6.54 Å². The van der Waals surface area contributed by atoms with E-state index in [1.165, 1.54) is 6.07 Å². The molecule has 1 atom stereocenters. The van der Waals surface area contributed by atoms with Crippen LogP contribution in [0.2, 0.25) is 5.02 Å². The average Bonchev–Trinajstić information content (AvgIpc) is 2.28. The van der Waals surface area contributed by atoms with E-state index in [0.717, 1.165) is 18.5 Å². The van der Waals surface area contributed by atoms with Gasteiger partial charge in [0.15, 0.2) is 0 Å². The van der Waals surface area contributed by atoms with Crippen molar-refractivity contribution in [2.75, 3.05) is 13.1 Å². The van der Waals surface area contributed by atoms with E-state index in [1.54, 1.807) is 12.1 Å². The molecule has 1 unspecified atom stereocenters. The summed E-state index contributed by atoms with van der Waals surface area (Å²) in [6, 6.07) is 4.78. The van der Waals surface area contributed by atoms with Gasteiger partial charge < -0.3 is 11.1 Å². The molecule has 1 rings (SSSR count). The van der Waals surface area contributed by atoms with Crippen LogP contribution < -0.4 is 11.1 Å². The third kappa shape index (κ3) is 4.47. The van der Waals surface area contributed by atoms with Gasteiger partial charge in [-0.1, -0.05) is 24.6 Å². The summed E-state index contributed by atoms with van der Waals surface area (Å²) >= 11 is 5.68. The van der Waals surface area contributed by atoms with E-state index in [2.05, 4.69) is 12.2 Å². The normalized spacial score (nSPS) is 12.8. The van der Waals surface area contributed by atoms with Crippen LogP contribution in [0.3, 0.4) is 0 Å². The Bertz CT molecular complexity index is 331. The quantitative estimate of drug-likeness (QED) is 0.755. The van der Waals surface area contributed by atoms with Crippen LogP contribution in [0.4, 0.5) is 4.39 Å². The first-order valence-electron chi connectivity index (χ1n) is 5.48. The molecule has 0 saturated heterocycles. The summed E-state index contributed by atoms with van der Waals surface area (Å²) in [7, 11) is 0. The van der Waals surface area contributed by atoms with Crippen LogP contribution in [-0.4, -0.2) is 13.1 Å². The van der Waals surface area contributed by atoms with E-state index < -0.39 is 0 Å². The van der Waals surface area contributed by atoms with Crippen LogP contribution in [0.1, 0.15) is 18.9 Å². The zero-order valence-electron chi connectivity index (χ0n) is 9.47. The van der Waals surface area contributed by atoms with E-state index in [9.17, 15) is 4.39 Å². The molecule has 0 aliphatic heterocycles. The smallest absolute Gasteiger partial charge is 0.141 e. The molecule has 0 spiro atoms. The van der Waals surface area contributed by atoms with Crippen molar-refractivity contribution < 1.29 is 4.39 Å². The molecular weight excluding hydrogens is 227 g/mol. The van der Waals surface area contributed by atoms with Gasteiger partial charge in [-0.2, -0.15) is 0 Å². The fraction of sp³-hybridized carbons (Fsp3) is 0.500. The molecule has 4 heteroatoms. The molecule has 0 heterocycles. The highest BCUT2D eigenvalue weighted by molar-refractivity contribution is 6.30. The Morgan fingerprint density at radius 1 is 1.50 bits per heavy atom. The standard InChI is InChI=1S/C12H18ClFN2/c1-9(7-15)4-5-16-8-10-2-3-12(14)11(13)6-10/h2-3,6,9,16H,4-5,7-8,15H2,1H3. The van der Waals surface area contributed by atoms with Crippen molar-refractivity contribution >= 4 is 11.6 Å². The molecule has 16 heavy (non-hydrogen) atoms. The van der Waals surface area contributed by atoms with Gasteiger partial charge in [-0.25, -0.2) is 4.39 Å². The van der Waals surface area contributed by atoms with Gasteiger partial charge in [-0.05, 0) is 43.1 Å². The van der Waals surface area contributed by atoms with Crippen molar-refractivity contribution in [1.29, 1.82) is 0 Å². The molecule has 3 N–H and O–H groups in total. The molecule has 2 nitrogen and oxygen atoms in total. The highest BCUT2D eigenvalue weighted by atomic mass is 35.5. The zero-order valence-corrected chi connectivity index (χ0v) is 10.2. The third-order valence-corrected chi connectivity index (χ3v) is 2.82. The van der Waals surface area contributed by atoms with Gasteiger partial charge >= 0.3 is 0 Å². The van der Waals surface area contributed by atoms with E-state index in [1.807, 2.05) is 0 Å². The van der Waals surface area contributed by atoms with Gasteiger partial charge in [0.05, 0.1) is 5.02 Å². The minimum absolute atomic E-state index is 0.176. The monoisotopic (exact) mass is 244 g/mol. The van der Waals surface area contributed by atoms with Crippen molar-refractivity contribution in [1.82, 2.24) is 5.32 Å². The van der Waals surface area contributed by atoms with Crippen LogP contribution >= 0.6 is 11.6 Å². The lowest BCUT2D eigenvalue weighted by atomic mass is 10.1. The first kappa shape index (κ1) is 13.4. The second kappa shape index (κ2) is 6.84. The van der Waals surface area contributed by atoms with Crippen molar-refractivity contribution in [2.45, 2.75) is 19.9 Å². The number of rotatable bonds is 6. The molecule has 90 valence electrons. The van der Waals surface area contributed by atoms with E-state index >= 15 is 0 Å². The van der Waals surface area contributed by atoms with Gasteiger partial charge in [0.1, 0.15) is 5.82 Å². The highest BCUT2D eigenvalue weighted by Gasteiger charge is 2.01. The van der Waals surface area contributed by atoms with Crippen LogP contribution in [0, 0.1) is 11.7 Å². The lowest BCUT2D eigenvalue weighted by molar-refractivity contribution is 0.509. The number of halogens is 2. The summed E-state index contributed by atoms with van der Waals surface area (Å²) in [5, 5.41) is 3.45. The number of nitrogens with two attached hydrogens (primary N) is 1. The largest absolute Gasteiger partial charge is 0.330 e. The maximum Gasteiger partial charge on any atom is 0.141 e. The first-order chi connectivity index (χ1) is 7.63. The predicted octanol–water partition coefficient (Wildman–Crippen LogP) is 2.55. The second-order valence-corrected chi connectivity index (χ2v) is 4.46. The van der Waals surface area contributed by atoms with Gasteiger partial charge in [-0.3, -0.25) is 0 Å². The maximum atomic E-state index is 12.9. The van der Waals surface area contributed by atoms with E-state index in [0.29, 0.717) is 19.0 Å². The SMILES string of the molecule is CC(CN)CCNCc1ccc(F)c(Cl)c1. The number of nitrogens with one attached hydrogen (secondary N) is 1. The Balaban J connectivity index is 2.29. The van der Waals surface area contributed by atoms with Crippen molar-refractivity contribution in [3.63, 3.8) is 0 Å². The van der Waals surface area contributed by atoms with Gasteiger partial charge in [-0.15, -0.1) is 0 Å². The molecule has 0 amide bonds. The zero-order chi connectivity index (χ0) is 12.0. The third-order valence-electron chi connectivity index (χ3n) is 2.53. The Morgan fingerprint density at radius 3 is 2.88 bits per heavy atom. The molecule has 0 aliphatic carbocycles. The summed E-state index contributed by atoms with van der Waals surface area (Å²) in [5.74, 6) is 0.159. The average molecular weight is 245 g/mol. The Hall–Kier alpha value is -0.640. The van der Waals surface area contributed by atoms with E-state index in [4.69, 9.17) is 17.3 Å². The molecule has 0 bridgehead atoms. The van der Waals surface area contributed by atoms with Crippen LogP contribution in [0.15, 0.2) is 18.2 Å². The predicted molar refractivity (Wildman–Crippen MR) is 66.0 cm³/mol. The fourth-order valence-electron chi connectivity index (χ4n) is 1.35. The van der Waals surface area contributed by atoms with Crippen LogP contribution in [0.25, 0.3) is 0 Å². The lowest BCUT2D eigenvalue weighted by Gasteiger charge is -2.09. The minimum atomic E-state index is -0.373. The van der Waals surface area contributed by atoms with Crippen LogP contribution in [0.5, 0.6) is 0 Å². The molecule has 0 aromatic heterocycles. The number of benzene rings is 1. The summed E-state index contributed by atoms with van der Waals surface area (Å²) in [4.78, 5) is 0. The summed E-state index contributed by atoms with van der Waals surface area (Å²) < 4.78 is 12.9. The van der Waals surface area contributed by atoms with Crippen molar-refractivity contribution in [3.8, 4) is 0 Å². The summed E-state index contributed by atoms with van der Waals surface area (Å²) in [6.45, 7) is 4.45. The molecule has 0 aliphatic rings. The molecule has 1 aromatic carbocycles. The van der Waals surface area contributed by atoms with Crippen molar-refractivity contribution in [2.24, 2.45) is 11.7 Å². The second-order valence-electron chi connectivity index (χ2n) is 4.05. The van der Waals surface area contributed by atoms with Crippen LogP contribution in [-0.2, 0) is 6.54 Å². The first-order valence-corrected chi connectivity index (χ1v) is 5.86. The molecule has 1 aromatic rings. The Kier molecular flexibility index (Phi) is 5.74. The topological polar surface area (TPSA) is 38.0 Å².